The van der Waals surface area contributed by atoms with E-state index in [0.717, 1.165) is 17.2 Å². The van der Waals surface area contributed by atoms with Crippen molar-refractivity contribution < 1.29 is 13.2 Å². The molecule has 0 bridgehead atoms. The van der Waals surface area contributed by atoms with Crippen LogP contribution in [0.1, 0.15) is 23.7 Å². The van der Waals surface area contributed by atoms with Crippen LogP contribution in [0.2, 0.25) is 0 Å². The average molecular weight is 279 g/mol. The van der Waals surface area contributed by atoms with Crippen LogP contribution >= 0.6 is 0 Å². The van der Waals surface area contributed by atoms with E-state index in [1.807, 2.05) is 29.8 Å². The highest BCUT2D eigenvalue weighted by molar-refractivity contribution is 7.91. The van der Waals surface area contributed by atoms with Crippen LogP contribution in [-0.4, -0.2) is 30.8 Å². The van der Waals surface area contributed by atoms with Crippen molar-refractivity contribution in [3.63, 3.8) is 0 Å². The van der Waals surface area contributed by atoms with Crippen molar-refractivity contribution in [2.24, 2.45) is 0 Å². The van der Waals surface area contributed by atoms with Crippen molar-refractivity contribution in [3.8, 4) is 0 Å². The highest BCUT2D eigenvalue weighted by atomic mass is 32.2. The zero-order valence-electron chi connectivity index (χ0n) is 10.9. The van der Waals surface area contributed by atoms with E-state index in [1.54, 1.807) is 12.1 Å². The zero-order valence-corrected chi connectivity index (χ0v) is 11.7. The number of carbonyl (C=O) groups excluding carboxylic acids is 1. The Balaban J connectivity index is 2.23. The van der Waals surface area contributed by atoms with Gasteiger partial charge in [0, 0.05) is 29.6 Å². The fourth-order valence-electron chi connectivity index (χ4n) is 2.12. The van der Waals surface area contributed by atoms with Gasteiger partial charge < -0.3 is 4.57 Å². The number of sulfone groups is 1. The first-order chi connectivity index (χ1) is 9.05. The van der Waals surface area contributed by atoms with Crippen molar-refractivity contribution in [1.82, 2.24) is 4.57 Å². The number of aromatic nitrogens is 1. The molecule has 0 saturated carbocycles. The molecule has 0 unspecified atom stereocenters. The quantitative estimate of drug-likeness (QED) is 0.762. The molecule has 0 saturated heterocycles. The summed E-state index contributed by atoms with van der Waals surface area (Å²) in [6.45, 7) is 2.28. The first-order valence-electron chi connectivity index (χ1n) is 6.30. The van der Waals surface area contributed by atoms with E-state index in [-0.39, 0.29) is 11.5 Å². The summed E-state index contributed by atoms with van der Waals surface area (Å²) in [7, 11) is -2.98. The van der Waals surface area contributed by atoms with E-state index in [2.05, 4.69) is 0 Å². The van der Waals surface area contributed by atoms with E-state index in [0.29, 0.717) is 18.5 Å². The molecule has 1 heterocycles. The van der Waals surface area contributed by atoms with Crippen LogP contribution in [0.5, 0.6) is 0 Å². The van der Waals surface area contributed by atoms with Gasteiger partial charge in [-0.3, -0.25) is 4.79 Å². The zero-order chi connectivity index (χ0) is 13.9. The second kappa shape index (κ2) is 5.57. The highest BCUT2D eigenvalue weighted by Crippen LogP contribution is 2.17. The van der Waals surface area contributed by atoms with Crippen molar-refractivity contribution >= 4 is 27.0 Å². The molecule has 0 radical (unpaired) electrons. The molecule has 0 amide bonds. The Morgan fingerprint density at radius 3 is 2.68 bits per heavy atom. The number of benzene rings is 1. The Kier molecular flexibility index (Phi) is 4.04. The standard InChI is InChI=1S/C14H17NO3S/c1-2-8-19(17,18)9-7-15-6-5-13-4-3-12(11-16)10-14(13)15/h3-6,10-11H,2,7-9H2,1H3. The average Bonchev–Trinajstić information content (AvgIpc) is 2.78. The summed E-state index contributed by atoms with van der Waals surface area (Å²) in [6, 6.07) is 7.34. The first-order valence-corrected chi connectivity index (χ1v) is 8.12. The fraction of sp³-hybridized carbons (Fsp3) is 0.357. The number of aryl methyl sites for hydroxylation is 1. The maximum Gasteiger partial charge on any atom is 0.152 e. The van der Waals surface area contributed by atoms with Crippen molar-refractivity contribution in [2.75, 3.05) is 11.5 Å². The Hall–Kier alpha value is -1.62. The number of rotatable bonds is 6. The minimum atomic E-state index is -2.98. The number of nitrogens with zero attached hydrogens (tertiary/aromatic N) is 1. The summed E-state index contributed by atoms with van der Waals surface area (Å²) >= 11 is 0. The van der Waals surface area contributed by atoms with Crippen molar-refractivity contribution in [2.45, 2.75) is 19.9 Å². The summed E-state index contributed by atoms with van der Waals surface area (Å²) in [4.78, 5) is 10.8. The van der Waals surface area contributed by atoms with Gasteiger partial charge >= 0.3 is 0 Å². The predicted molar refractivity (Wildman–Crippen MR) is 76.3 cm³/mol. The monoisotopic (exact) mass is 279 g/mol. The van der Waals surface area contributed by atoms with Gasteiger partial charge in [0.25, 0.3) is 0 Å². The lowest BCUT2D eigenvalue weighted by Crippen LogP contribution is -2.15. The van der Waals surface area contributed by atoms with Gasteiger partial charge in [-0.05, 0) is 23.9 Å². The van der Waals surface area contributed by atoms with E-state index in [9.17, 15) is 13.2 Å². The molecular weight excluding hydrogens is 262 g/mol. The van der Waals surface area contributed by atoms with E-state index >= 15 is 0 Å². The summed E-state index contributed by atoms with van der Waals surface area (Å²) in [5.41, 5.74) is 1.50. The molecule has 0 aliphatic carbocycles. The lowest BCUT2D eigenvalue weighted by Gasteiger charge is -2.06. The molecule has 19 heavy (non-hydrogen) atoms. The second-order valence-electron chi connectivity index (χ2n) is 4.60. The minimum Gasteiger partial charge on any atom is -0.346 e. The molecule has 2 aromatic rings. The third-order valence-electron chi connectivity index (χ3n) is 3.09. The van der Waals surface area contributed by atoms with Crippen LogP contribution < -0.4 is 0 Å². The minimum absolute atomic E-state index is 0.135. The van der Waals surface area contributed by atoms with Gasteiger partial charge in [0.05, 0.1) is 5.75 Å². The third kappa shape index (κ3) is 3.23. The topological polar surface area (TPSA) is 56.1 Å². The van der Waals surface area contributed by atoms with Crippen molar-refractivity contribution in [3.05, 3.63) is 36.0 Å². The molecule has 102 valence electrons. The third-order valence-corrected chi connectivity index (χ3v) is 4.93. The van der Waals surface area contributed by atoms with Gasteiger partial charge in [-0.25, -0.2) is 8.42 Å². The van der Waals surface area contributed by atoms with Crippen LogP contribution in [0.4, 0.5) is 0 Å². The fourth-order valence-corrected chi connectivity index (χ4v) is 3.42. The van der Waals surface area contributed by atoms with Crippen LogP contribution in [0.15, 0.2) is 30.5 Å². The molecule has 1 aromatic carbocycles. The van der Waals surface area contributed by atoms with E-state index in [4.69, 9.17) is 0 Å². The van der Waals surface area contributed by atoms with Crippen LogP contribution in [0.25, 0.3) is 10.9 Å². The van der Waals surface area contributed by atoms with E-state index in [1.165, 1.54) is 0 Å². The largest absolute Gasteiger partial charge is 0.346 e. The Labute approximate surface area is 113 Å². The lowest BCUT2D eigenvalue weighted by molar-refractivity contribution is 0.112. The molecular formula is C14H17NO3S. The Bertz CT molecular complexity index is 686. The maximum atomic E-state index is 11.7. The molecule has 0 N–H and O–H groups in total. The van der Waals surface area contributed by atoms with Gasteiger partial charge in [0.15, 0.2) is 9.84 Å². The van der Waals surface area contributed by atoms with Crippen LogP contribution in [0, 0.1) is 0 Å². The molecule has 0 fully saturated rings. The number of fused-ring (bicyclic) bond motifs is 1. The SMILES string of the molecule is CCCS(=O)(=O)CCn1ccc2ccc(C=O)cc21. The number of aldehydes is 1. The van der Waals surface area contributed by atoms with Gasteiger partial charge in [-0.2, -0.15) is 0 Å². The molecule has 0 aliphatic heterocycles. The summed E-state index contributed by atoms with van der Waals surface area (Å²) < 4.78 is 25.3. The second-order valence-corrected chi connectivity index (χ2v) is 6.90. The van der Waals surface area contributed by atoms with Crippen LogP contribution in [-0.2, 0) is 16.4 Å². The predicted octanol–water partition coefficient (Wildman–Crippen LogP) is 2.28. The van der Waals surface area contributed by atoms with Gasteiger partial charge in [-0.15, -0.1) is 0 Å². The summed E-state index contributed by atoms with van der Waals surface area (Å²) in [5.74, 6) is 0.363. The normalized spacial score (nSPS) is 11.8. The highest BCUT2D eigenvalue weighted by Gasteiger charge is 2.10. The summed E-state index contributed by atoms with van der Waals surface area (Å²) in [6.07, 6.45) is 3.30. The first kappa shape index (κ1) is 13.8. The number of hydrogen-bond acceptors (Lipinski definition) is 3. The van der Waals surface area contributed by atoms with Gasteiger partial charge in [-0.1, -0.05) is 19.1 Å². The van der Waals surface area contributed by atoms with Crippen LogP contribution in [0.3, 0.4) is 0 Å². The Morgan fingerprint density at radius 1 is 1.21 bits per heavy atom. The van der Waals surface area contributed by atoms with E-state index < -0.39 is 9.84 Å². The van der Waals surface area contributed by atoms with Gasteiger partial charge in [0.1, 0.15) is 6.29 Å². The molecule has 0 spiro atoms. The number of carbonyl (C=O) groups is 1. The van der Waals surface area contributed by atoms with Crippen molar-refractivity contribution in [1.29, 1.82) is 0 Å². The molecule has 0 aliphatic rings. The molecule has 1 aromatic heterocycles. The Morgan fingerprint density at radius 2 is 2.00 bits per heavy atom. The number of hydrogen-bond donors (Lipinski definition) is 0. The lowest BCUT2D eigenvalue weighted by atomic mass is 10.2. The molecule has 0 atom stereocenters. The molecule has 4 nitrogen and oxygen atoms in total. The molecule has 2 rings (SSSR count). The van der Waals surface area contributed by atoms with Gasteiger partial charge in [0.2, 0.25) is 0 Å². The summed E-state index contributed by atoms with van der Waals surface area (Å²) in [5, 5.41) is 1.01. The smallest absolute Gasteiger partial charge is 0.152 e. The molecule has 5 heteroatoms. The maximum absolute atomic E-state index is 11.7.